The second-order valence-corrected chi connectivity index (χ2v) is 9.18. The van der Waals surface area contributed by atoms with Gasteiger partial charge in [0.25, 0.3) is 0 Å². The summed E-state index contributed by atoms with van der Waals surface area (Å²) in [6, 6.07) is 30.0. The fourth-order valence-electron chi connectivity index (χ4n) is 3.19. The Bertz CT molecular complexity index is 761. The summed E-state index contributed by atoms with van der Waals surface area (Å²) in [7, 11) is -0.590. The lowest BCUT2D eigenvalue weighted by Gasteiger charge is -2.20. The van der Waals surface area contributed by atoms with E-state index in [1.807, 2.05) is 0 Å². The molecule has 0 aromatic heterocycles. The molecule has 0 bridgehead atoms. The largest absolute Gasteiger partial charge is 0.393 e. The maximum atomic E-state index is 10.2. The minimum Gasteiger partial charge on any atom is -0.393 e. The quantitative estimate of drug-likeness (QED) is 0.589. The Kier molecular flexibility index (Phi) is 7.18. The molecule has 140 valence electrons. The summed E-state index contributed by atoms with van der Waals surface area (Å²) >= 11 is 0. The SMILES string of the molecule is CC(O)CCC(O)Cc1ccc(P(c2ccccc2)c2ccccc2)cc1. The summed E-state index contributed by atoms with van der Waals surface area (Å²) in [6.07, 6.45) is 1.12. The molecule has 3 aromatic rings. The fourth-order valence-corrected chi connectivity index (χ4v) is 5.47. The molecular weight excluding hydrogens is 351 g/mol. The first-order chi connectivity index (χ1) is 13.1. The van der Waals surface area contributed by atoms with Gasteiger partial charge in [-0.3, -0.25) is 0 Å². The summed E-state index contributed by atoms with van der Waals surface area (Å²) in [5.74, 6) is 0. The van der Waals surface area contributed by atoms with Crippen LogP contribution in [0.2, 0.25) is 0 Å². The molecule has 0 aliphatic heterocycles. The topological polar surface area (TPSA) is 40.5 Å². The van der Waals surface area contributed by atoms with Crippen molar-refractivity contribution >= 4 is 23.8 Å². The Hall–Kier alpha value is -1.99. The van der Waals surface area contributed by atoms with Crippen molar-refractivity contribution in [1.82, 2.24) is 0 Å². The van der Waals surface area contributed by atoms with Crippen LogP contribution in [0.25, 0.3) is 0 Å². The molecule has 0 saturated carbocycles. The predicted octanol–water partition coefficient (Wildman–Crippen LogP) is 3.51. The number of hydrogen-bond donors (Lipinski definition) is 2. The first kappa shape index (κ1) is 19.8. The zero-order valence-electron chi connectivity index (χ0n) is 15.7. The molecule has 0 fully saturated rings. The van der Waals surface area contributed by atoms with Gasteiger partial charge in [0.1, 0.15) is 0 Å². The molecule has 2 unspecified atom stereocenters. The average Bonchev–Trinajstić information content (AvgIpc) is 2.70. The van der Waals surface area contributed by atoms with Gasteiger partial charge in [0.15, 0.2) is 0 Å². The molecule has 2 N–H and O–H groups in total. The molecular formula is C24H27O2P. The van der Waals surface area contributed by atoms with Crippen LogP contribution in [0.4, 0.5) is 0 Å². The number of aliphatic hydroxyl groups excluding tert-OH is 2. The van der Waals surface area contributed by atoms with Crippen LogP contribution < -0.4 is 15.9 Å². The third-order valence-corrected chi connectivity index (χ3v) is 7.06. The maximum Gasteiger partial charge on any atom is 0.0581 e. The Morgan fingerprint density at radius 1 is 0.667 bits per heavy atom. The van der Waals surface area contributed by atoms with Crippen LogP contribution in [0, 0.1) is 0 Å². The van der Waals surface area contributed by atoms with Gasteiger partial charge < -0.3 is 10.2 Å². The van der Waals surface area contributed by atoms with Crippen molar-refractivity contribution < 1.29 is 10.2 Å². The minimum absolute atomic E-state index is 0.359. The van der Waals surface area contributed by atoms with E-state index in [4.69, 9.17) is 0 Å². The van der Waals surface area contributed by atoms with Crippen LogP contribution in [0.5, 0.6) is 0 Å². The standard InChI is InChI=1S/C24H27O2P/c1-19(25)12-15-21(26)18-20-13-16-24(17-14-20)27(22-8-4-2-5-9-22)23-10-6-3-7-11-23/h2-11,13-14,16-17,19,21,25-26H,12,15,18H2,1H3. The van der Waals surface area contributed by atoms with Gasteiger partial charge in [-0.25, -0.2) is 0 Å². The Morgan fingerprint density at radius 3 is 1.63 bits per heavy atom. The van der Waals surface area contributed by atoms with E-state index in [1.165, 1.54) is 15.9 Å². The van der Waals surface area contributed by atoms with E-state index in [9.17, 15) is 10.2 Å². The molecule has 2 atom stereocenters. The van der Waals surface area contributed by atoms with Crippen LogP contribution in [-0.4, -0.2) is 22.4 Å². The molecule has 0 amide bonds. The van der Waals surface area contributed by atoms with Crippen LogP contribution in [0.3, 0.4) is 0 Å². The molecule has 0 spiro atoms. The van der Waals surface area contributed by atoms with Gasteiger partial charge >= 0.3 is 0 Å². The van der Waals surface area contributed by atoms with Crippen molar-refractivity contribution in [3.63, 3.8) is 0 Å². The summed E-state index contributed by atoms with van der Waals surface area (Å²) in [5, 5.41) is 23.5. The zero-order chi connectivity index (χ0) is 19.1. The highest BCUT2D eigenvalue weighted by Crippen LogP contribution is 2.32. The third-order valence-electron chi connectivity index (χ3n) is 4.61. The summed E-state index contributed by atoms with van der Waals surface area (Å²) < 4.78 is 0. The molecule has 0 heterocycles. The van der Waals surface area contributed by atoms with E-state index in [2.05, 4.69) is 84.9 Å². The second-order valence-electron chi connectivity index (χ2n) is 6.96. The Labute approximate surface area is 163 Å². The van der Waals surface area contributed by atoms with Gasteiger partial charge in [-0.2, -0.15) is 0 Å². The highest BCUT2D eigenvalue weighted by molar-refractivity contribution is 7.79. The van der Waals surface area contributed by atoms with Crippen molar-refractivity contribution in [2.45, 2.75) is 38.4 Å². The molecule has 3 heteroatoms. The van der Waals surface area contributed by atoms with E-state index in [0.717, 1.165) is 5.56 Å². The van der Waals surface area contributed by atoms with Crippen molar-refractivity contribution in [3.8, 4) is 0 Å². The summed E-state index contributed by atoms with van der Waals surface area (Å²) in [5.41, 5.74) is 1.13. The van der Waals surface area contributed by atoms with Gasteiger partial charge in [-0.05, 0) is 55.6 Å². The fraction of sp³-hybridized carbons (Fsp3) is 0.250. The number of aliphatic hydroxyl groups is 2. The summed E-state index contributed by atoms with van der Waals surface area (Å²) in [6.45, 7) is 1.76. The number of benzene rings is 3. The van der Waals surface area contributed by atoms with E-state index in [1.54, 1.807) is 6.92 Å². The van der Waals surface area contributed by atoms with Gasteiger partial charge in [-0.15, -0.1) is 0 Å². The third kappa shape index (κ3) is 5.74. The van der Waals surface area contributed by atoms with E-state index < -0.39 is 14.0 Å². The monoisotopic (exact) mass is 378 g/mol. The second kappa shape index (κ2) is 9.80. The lowest BCUT2D eigenvalue weighted by atomic mass is 10.0. The molecule has 0 radical (unpaired) electrons. The van der Waals surface area contributed by atoms with E-state index in [-0.39, 0.29) is 6.10 Å². The molecule has 2 nitrogen and oxygen atoms in total. The van der Waals surface area contributed by atoms with Crippen molar-refractivity contribution in [1.29, 1.82) is 0 Å². The smallest absolute Gasteiger partial charge is 0.0581 e. The van der Waals surface area contributed by atoms with Crippen LogP contribution in [0.1, 0.15) is 25.3 Å². The minimum atomic E-state index is -0.590. The maximum absolute atomic E-state index is 10.2. The normalized spacial score (nSPS) is 13.5. The molecule has 27 heavy (non-hydrogen) atoms. The van der Waals surface area contributed by atoms with Crippen LogP contribution >= 0.6 is 7.92 Å². The Balaban J connectivity index is 1.80. The van der Waals surface area contributed by atoms with Gasteiger partial charge in [0.05, 0.1) is 12.2 Å². The average molecular weight is 378 g/mol. The molecule has 0 saturated heterocycles. The van der Waals surface area contributed by atoms with Crippen molar-refractivity contribution in [2.24, 2.45) is 0 Å². The van der Waals surface area contributed by atoms with Gasteiger partial charge in [0.2, 0.25) is 0 Å². The molecule has 3 aromatic carbocycles. The van der Waals surface area contributed by atoms with Gasteiger partial charge in [-0.1, -0.05) is 84.9 Å². The van der Waals surface area contributed by atoms with Crippen LogP contribution in [0.15, 0.2) is 84.9 Å². The highest BCUT2D eigenvalue weighted by Gasteiger charge is 2.16. The van der Waals surface area contributed by atoms with Crippen molar-refractivity contribution in [3.05, 3.63) is 90.5 Å². The van der Waals surface area contributed by atoms with Crippen LogP contribution in [-0.2, 0) is 6.42 Å². The molecule has 0 aliphatic carbocycles. The lowest BCUT2D eigenvalue weighted by Crippen LogP contribution is -2.20. The molecule has 0 aliphatic rings. The first-order valence-corrected chi connectivity index (χ1v) is 10.8. The number of hydrogen-bond acceptors (Lipinski definition) is 2. The zero-order valence-corrected chi connectivity index (χ0v) is 16.6. The lowest BCUT2D eigenvalue weighted by molar-refractivity contribution is 0.123. The first-order valence-electron chi connectivity index (χ1n) is 9.49. The van der Waals surface area contributed by atoms with Gasteiger partial charge in [0, 0.05) is 0 Å². The van der Waals surface area contributed by atoms with Crippen molar-refractivity contribution in [2.75, 3.05) is 0 Å². The Morgan fingerprint density at radius 2 is 1.15 bits per heavy atom. The van der Waals surface area contributed by atoms with E-state index >= 15 is 0 Å². The predicted molar refractivity (Wildman–Crippen MR) is 116 cm³/mol. The van der Waals surface area contributed by atoms with E-state index in [0.29, 0.717) is 19.3 Å². The number of rotatable bonds is 8. The highest BCUT2D eigenvalue weighted by atomic mass is 31.1. The molecule has 3 rings (SSSR count). The summed E-state index contributed by atoms with van der Waals surface area (Å²) in [4.78, 5) is 0.